The van der Waals surface area contributed by atoms with E-state index in [1.807, 2.05) is 27.7 Å². The Labute approximate surface area is 249 Å². The molecule has 0 aromatic heterocycles. The number of nitrogens with zero attached hydrogens (tertiary/aromatic N) is 1. The van der Waals surface area contributed by atoms with E-state index in [1.54, 1.807) is 0 Å². The number of hydrogen-bond acceptors (Lipinski definition) is 6. The summed E-state index contributed by atoms with van der Waals surface area (Å²) in [4.78, 5) is 38.2. The number of dihydropyridines is 1. The summed E-state index contributed by atoms with van der Waals surface area (Å²) < 4.78 is 45.9. The first-order valence-electron chi connectivity index (χ1n) is 13.2. The third kappa shape index (κ3) is 5.54. The average Bonchev–Trinajstić information content (AvgIpc) is 2.82. The summed E-state index contributed by atoms with van der Waals surface area (Å²) in [6.07, 6.45) is -3.37. The molecule has 5 rings (SSSR count). The van der Waals surface area contributed by atoms with E-state index in [0.717, 1.165) is 6.07 Å². The van der Waals surface area contributed by atoms with Crippen molar-refractivity contribution in [3.8, 4) is 11.5 Å². The molecule has 42 heavy (non-hydrogen) atoms. The molecule has 0 saturated heterocycles. The van der Waals surface area contributed by atoms with E-state index in [9.17, 15) is 32.9 Å². The maximum atomic E-state index is 13.7. The van der Waals surface area contributed by atoms with Gasteiger partial charge in [-0.1, -0.05) is 50.9 Å². The minimum atomic E-state index is -4.82. The normalized spacial score (nSPS) is 20.2. The highest BCUT2D eigenvalue weighted by molar-refractivity contribution is 6.35. The molecule has 222 valence electrons. The Morgan fingerprint density at radius 3 is 1.98 bits per heavy atom. The van der Waals surface area contributed by atoms with Gasteiger partial charge in [0, 0.05) is 58.0 Å². The van der Waals surface area contributed by atoms with E-state index >= 15 is 0 Å². The fourth-order valence-corrected chi connectivity index (χ4v) is 6.68. The highest BCUT2D eigenvalue weighted by Gasteiger charge is 2.47. The second kappa shape index (κ2) is 10.1. The second-order valence-electron chi connectivity index (χ2n) is 12.6. The van der Waals surface area contributed by atoms with Gasteiger partial charge in [0.05, 0.1) is 15.5 Å². The maximum absolute atomic E-state index is 13.7. The molecule has 0 atom stereocenters. The molecule has 12 heteroatoms. The van der Waals surface area contributed by atoms with Crippen molar-refractivity contribution < 1.29 is 32.4 Å². The van der Waals surface area contributed by atoms with Gasteiger partial charge >= 0.3 is 11.9 Å². The number of nitro benzene ring substituents is 1. The summed E-state index contributed by atoms with van der Waals surface area (Å²) >= 11 is 13.0. The van der Waals surface area contributed by atoms with Crippen LogP contribution in [0.3, 0.4) is 0 Å². The Morgan fingerprint density at radius 2 is 1.48 bits per heavy atom. The number of alkyl halides is 3. The lowest BCUT2D eigenvalue weighted by molar-refractivity contribution is -0.385. The molecule has 1 N–H and O–H groups in total. The molecule has 1 heterocycles. The lowest BCUT2D eigenvalue weighted by Crippen LogP contribution is -2.42. The van der Waals surface area contributed by atoms with Crippen LogP contribution in [0.5, 0.6) is 11.5 Å². The first-order chi connectivity index (χ1) is 19.4. The van der Waals surface area contributed by atoms with E-state index in [1.165, 1.54) is 12.1 Å². The number of rotatable bonds is 4. The fourth-order valence-electron chi connectivity index (χ4n) is 6.13. The second-order valence-corrected chi connectivity index (χ2v) is 13.4. The van der Waals surface area contributed by atoms with Crippen LogP contribution in [0.25, 0.3) is 0 Å². The van der Waals surface area contributed by atoms with Crippen molar-refractivity contribution in [1.82, 2.24) is 5.32 Å². The van der Waals surface area contributed by atoms with E-state index in [2.05, 4.69) is 5.32 Å². The summed E-state index contributed by atoms with van der Waals surface area (Å²) in [6.45, 7) is 7.89. The van der Waals surface area contributed by atoms with Crippen molar-refractivity contribution in [2.75, 3.05) is 0 Å². The van der Waals surface area contributed by atoms with Crippen molar-refractivity contribution in [2.45, 2.75) is 65.5 Å². The average molecular weight is 623 g/mol. The Kier molecular flexibility index (Phi) is 7.25. The number of carbonyl (C=O) groups is 2. The topological polar surface area (TPSA) is 98.5 Å². The Bertz CT molecular complexity index is 1570. The number of nitro groups is 1. The van der Waals surface area contributed by atoms with E-state index in [0.29, 0.717) is 47.5 Å². The zero-order chi connectivity index (χ0) is 30.9. The predicted octanol–water partition coefficient (Wildman–Crippen LogP) is 8.69. The molecule has 0 amide bonds. The van der Waals surface area contributed by atoms with Gasteiger partial charge in [0.1, 0.15) is 0 Å². The number of ketones is 2. The summed E-state index contributed by atoms with van der Waals surface area (Å²) in [7, 11) is 0. The number of Topliss-reactive ketones (excluding diaryl/α,β-unsaturated/α-hetero) is 2. The number of halogens is 5. The highest BCUT2D eigenvalue weighted by Crippen LogP contribution is 2.54. The van der Waals surface area contributed by atoms with Crippen molar-refractivity contribution in [3.63, 3.8) is 0 Å². The molecule has 3 aliphatic rings. The van der Waals surface area contributed by atoms with Crippen LogP contribution < -0.4 is 10.1 Å². The molecule has 0 spiro atoms. The van der Waals surface area contributed by atoms with Gasteiger partial charge in [-0.25, -0.2) is 0 Å². The third-order valence-electron chi connectivity index (χ3n) is 7.76. The van der Waals surface area contributed by atoms with Crippen LogP contribution in [0, 0.1) is 20.9 Å². The first kappa shape index (κ1) is 30.1. The predicted molar refractivity (Wildman–Crippen MR) is 151 cm³/mol. The molecule has 2 aliphatic carbocycles. The standard InChI is InChI=1S/C30H27Cl2F3N2O5/c1-28(2)10-18-25(21(38)12-28)24(26-19(36-18)11-29(3,4)13-22(26)39)16-8-15(31)9-17(32)27(16)42-23-6-5-14(30(33,34)35)7-20(23)37(40)41/h5-9,24,36H,10-13H2,1-4H3. The highest BCUT2D eigenvalue weighted by atomic mass is 35.5. The van der Waals surface area contributed by atoms with Gasteiger partial charge in [-0.15, -0.1) is 0 Å². The number of hydrogen-bond donors (Lipinski definition) is 1. The Morgan fingerprint density at radius 1 is 0.929 bits per heavy atom. The first-order valence-corrected chi connectivity index (χ1v) is 13.9. The molecule has 7 nitrogen and oxygen atoms in total. The SMILES string of the molecule is CC1(C)CC(=O)C2=C(C1)NC1=C(C(=O)CC(C)(C)C1)C2c1cc(Cl)cc(Cl)c1Oc1ccc(C(F)(F)F)cc1[N+](=O)[O-]. The van der Waals surface area contributed by atoms with Gasteiger partial charge in [0.15, 0.2) is 17.3 Å². The fraction of sp³-hybridized carbons (Fsp3) is 0.400. The molecule has 1 aliphatic heterocycles. The number of ether oxygens (including phenoxy) is 1. The molecule has 2 aromatic carbocycles. The number of nitrogens with one attached hydrogen (secondary N) is 1. The molecule has 0 saturated carbocycles. The Hall–Kier alpha value is -3.37. The van der Waals surface area contributed by atoms with E-state index < -0.39 is 34.0 Å². The molecular weight excluding hydrogens is 596 g/mol. The van der Waals surface area contributed by atoms with Gasteiger partial charge < -0.3 is 10.1 Å². The maximum Gasteiger partial charge on any atom is 0.416 e. The summed E-state index contributed by atoms with van der Waals surface area (Å²) in [5.74, 6) is -1.98. The largest absolute Gasteiger partial charge is 0.448 e. The monoisotopic (exact) mass is 622 g/mol. The van der Waals surface area contributed by atoms with Crippen LogP contribution in [0.1, 0.15) is 70.4 Å². The lowest BCUT2D eigenvalue weighted by atomic mass is 9.64. The van der Waals surface area contributed by atoms with Crippen LogP contribution >= 0.6 is 23.2 Å². The minimum Gasteiger partial charge on any atom is -0.448 e. The van der Waals surface area contributed by atoms with Crippen LogP contribution in [0.15, 0.2) is 52.9 Å². The molecule has 2 aromatic rings. The van der Waals surface area contributed by atoms with Gasteiger partial charge in [-0.05, 0) is 47.9 Å². The van der Waals surface area contributed by atoms with Crippen molar-refractivity contribution in [1.29, 1.82) is 0 Å². The van der Waals surface area contributed by atoms with E-state index in [4.69, 9.17) is 27.9 Å². The number of benzene rings is 2. The van der Waals surface area contributed by atoms with Crippen LogP contribution in [-0.2, 0) is 15.8 Å². The minimum absolute atomic E-state index is 0.0956. The summed E-state index contributed by atoms with van der Waals surface area (Å²) in [5, 5.41) is 15.2. The third-order valence-corrected chi connectivity index (χ3v) is 8.26. The molecule has 0 unspecified atom stereocenters. The van der Waals surface area contributed by atoms with Crippen LogP contribution in [0.4, 0.5) is 18.9 Å². The molecule has 0 fully saturated rings. The zero-order valence-electron chi connectivity index (χ0n) is 23.2. The van der Waals surface area contributed by atoms with Gasteiger partial charge in [-0.3, -0.25) is 19.7 Å². The van der Waals surface area contributed by atoms with Crippen molar-refractivity contribution >= 4 is 40.5 Å². The van der Waals surface area contributed by atoms with E-state index in [-0.39, 0.29) is 56.6 Å². The summed E-state index contributed by atoms with van der Waals surface area (Å²) in [6, 6.07) is 4.68. The number of allylic oxidation sites excluding steroid dienone is 4. The van der Waals surface area contributed by atoms with Gasteiger partial charge in [0.2, 0.25) is 5.75 Å². The summed E-state index contributed by atoms with van der Waals surface area (Å²) in [5.41, 5.74) is -0.629. The smallest absolute Gasteiger partial charge is 0.416 e. The quantitative estimate of drug-likeness (QED) is 0.270. The van der Waals surface area contributed by atoms with Crippen molar-refractivity contribution in [3.05, 3.63) is 84.2 Å². The Balaban J connectivity index is 1.74. The van der Waals surface area contributed by atoms with Gasteiger partial charge in [-0.2, -0.15) is 13.2 Å². The molecular formula is C30H27Cl2F3N2O5. The van der Waals surface area contributed by atoms with Gasteiger partial charge in [0.25, 0.3) is 0 Å². The van der Waals surface area contributed by atoms with Crippen molar-refractivity contribution in [2.24, 2.45) is 10.8 Å². The number of carbonyl (C=O) groups excluding carboxylic acids is 2. The molecule has 0 bridgehead atoms. The van der Waals surface area contributed by atoms with Crippen LogP contribution in [-0.4, -0.2) is 16.5 Å². The molecule has 0 radical (unpaired) electrons. The lowest BCUT2D eigenvalue weighted by Gasteiger charge is -2.44. The zero-order valence-corrected chi connectivity index (χ0v) is 24.7. The van der Waals surface area contributed by atoms with Crippen LogP contribution in [0.2, 0.25) is 10.0 Å².